The zero-order valence-electron chi connectivity index (χ0n) is 19.4. The van der Waals surface area contributed by atoms with E-state index in [0.717, 1.165) is 44.5 Å². The number of benzene rings is 2. The summed E-state index contributed by atoms with van der Waals surface area (Å²) in [7, 11) is 0. The Morgan fingerprint density at radius 3 is 0.967 bits per heavy atom. The third-order valence-electron chi connectivity index (χ3n) is 6.04. The molecule has 0 saturated carbocycles. The molecule has 2 N–H and O–H groups in total. The highest BCUT2D eigenvalue weighted by atomic mass is 16.3. The fourth-order valence-electron chi connectivity index (χ4n) is 4.13. The van der Waals surface area contributed by atoms with Gasteiger partial charge in [0.1, 0.15) is 11.5 Å². The summed E-state index contributed by atoms with van der Waals surface area (Å²) in [5.74, 6) is 1.33. The third-order valence-corrected chi connectivity index (χ3v) is 6.04. The first-order valence-electron chi connectivity index (χ1n) is 11.0. The smallest absolute Gasteiger partial charge is 0.195 e. The Morgan fingerprint density at radius 2 is 0.767 bits per heavy atom. The van der Waals surface area contributed by atoms with Gasteiger partial charge in [0.15, 0.2) is 5.43 Å². The van der Waals surface area contributed by atoms with Crippen LogP contribution < -0.4 is 5.43 Å². The van der Waals surface area contributed by atoms with Crippen LogP contribution in [0.15, 0.2) is 29.1 Å². The third kappa shape index (κ3) is 3.78. The summed E-state index contributed by atoms with van der Waals surface area (Å²) < 4.78 is 0. The molecule has 160 valence electrons. The normalized spacial score (nSPS) is 12.3. The van der Waals surface area contributed by atoms with Gasteiger partial charge >= 0.3 is 0 Å². The van der Waals surface area contributed by atoms with E-state index in [1.165, 1.54) is 0 Å². The van der Waals surface area contributed by atoms with E-state index in [1.807, 2.05) is 24.3 Å². The van der Waals surface area contributed by atoms with E-state index in [4.69, 9.17) is 0 Å². The van der Waals surface area contributed by atoms with E-state index in [2.05, 4.69) is 55.4 Å². The molecule has 0 aliphatic carbocycles. The van der Waals surface area contributed by atoms with Gasteiger partial charge in [-0.05, 0) is 81.3 Å². The minimum Gasteiger partial charge on any atom is -0.507 e. The minimum absolute atomic E-state index is 0.0557. The van der Waals surface area contributed by atoms with Crippen molar-refractivity contribution < 1.29 is 10.2 Å². The number of hydrogen-bond acceptors (Lipinski definition) is 3. The second kappa shape index (κ2) is 7.94. The molecule has 0 radical (unpaired) electrons. The zero-order valence-corrected chi connectivity index (χ0v) is 19.4. The molecule has 3 rings (SSSR count). The lowest BCUT2D eigenvalue weighted by molar-refractivity contribution is 0.454. The molecule has 0 unspecified atom stereocenters. The Labute approximate surface area is 180 Å². The molecule has 0 amide bonds. The van der Waals surface area contributed by atoms with Crippen LogP contribution in [0.2, 0.25) is 0 Å². The first-order chi connectivity index (χ1) is 14.0. The van der Waals surface area contributed by atoms with Gasteiger partial charge in [-0.2, -0.15) is 0 Å². The molecule has 3 heteroatoms. The van der Waals surface area contributed by atoms with Crippen LogP contribution in [0.1, 0.15) is 101 Å². The van der Waals surface area contributed by atoms with Crippen LogP contribution in [0.4, 0.5) is 0 Å². The summed E-state index contributed by atoms with van der Waals surface area (Å²) in [5.41, 5.74) is 6.77. The molecule has 0 aromatic heterocycles. The topological polar surface area (TPSA) is 57.5 Å². The van der Waals surface area contributed by atoms with Crippen molar-refractivity contribution in [1.29, 1.82) is 0 Å². The Morgan fingerprint density at radius 1 is 0.533 bits per heavy atom. The largest absolute Gasteiger partial charge is 0.507 e. The Kier molecular flexibility index (Phi) is 5.86. The maximum atomic E-state index is 12.9. The summed E-state index contributed by atoms with van der Waals surface area (Å²) in [5, 5.41) is 21.4. The highest BCUT2D eigenvalue weighted by Gasteiger charge is 2.29. The summed E-state index contributed by atoms with van der Waals surface area (Å²) in [6, 6.07) is 7.83. The van der Waals surface area contributed by atoms with Crippen LogP contribution in [0, 0.1) is 0 Å². The van der Waals surface area contributed by atoms with Crippen molar-refractivity contribution in [3.05, 3.63) is 56.7 Å². The average Bonchev–Trinajstić information content (AvgIpc) is 3.31. The van der Waals surface area contributed by atoms with Gasteiger partial charge in [0.25, 0.3) is 0 Å². The predicted molar refractivity (Wildman–Crippen MR) is 126 cm³/mol. The zero-order chi connectivity index (χ0) is 22.5. The van der Waals surface area contributed by atoms with E-state index in [1.54, 1.807) is 0 Å². The fraction of sp³-hybridized carbons (Fsp3) is 0.444. The maximum absolute atomic E-state index is 12.9. The molecule has 0 aliphatic heterocycles. The van der Waals surface area contributed by atoms with Gasteiger partial charge in [-0.15, -0.1) is 0 Å². The van der Waals surface area contributed by atoms with Crippen molar-refractivity contribution in [2.45, 2.75) is 79.1 Å². The lowest BCUT2D eigenvalue weighted by Gasteiger charge is -2.17. The molecule has 0 bridgehead atoms. The van der Waals surface area contributed by atoms with Crippen LogP contribution >= 0.6 is 0 Å². The van der Waals surface area contributed by atoms with Crippen molar-refractivity contribution >= 4 is 0 Å². The van der Waals surface area contributed by atoms with Gasteiger partial charge in [-0.25, -0.2) is 0 Å². The summed E-state index contributed by atoms with van der Waals surface area (Å²) in [6.45, 7) is 16.4. The molecule has 0 aliphatic rings. The summed E-state index contributed by atoms with van der Waals surface area (Å²) in [6.07, 6.45) is 0. The summed E-state index contributed by atoms with van der Waals surface area (Å²) >= 11 is 0. The second-order valence-electron chi connectivity index (χ2n) is 9.70. The van der Waals surface area contributed by atoms with E-state index < -0.39 is 0 Å². The molecule has 0 atom stereocenters. The van der Waals surface area contributed by atoms with E-state index in [9.17, 15) is 15.0 Å². The maximum Gasteiger partial charge on any atom is 0.195 e. The van der Waals surface area contributed by atoms with E-state index in [-0.39, 0.29) is 29.1 Å². The number of phenols is 2. The quantitative estimate of drug-likeness (QED) is 0.456. The van der Waals surface area contributed by atoms with Crippen LogP contribution in [0.3, 0.4) is 0 Å². The molecule has 0 spiro atoms. The van der Waals surface area contributed by atoms with E-state index >= 15 is 0 Å². The highest BCUT2D eigenvalue weighted by Crippen LogP contribution is 2.44. The molecule has 0 fully saturated rings. The van der Waals surface area contributed by atoms with Crippen LogP contribution in [0.25, 0.3) is 22.3 Å². The fourth-order valence-corrected chi connectivity index (χ4v) is 4.13. The van der Waals surface area contributed by atoms with Crippen LogP contribution in [-0.2, 0) is 0 Å². The number of rotatable bonds is 6. The number of aromatic hydroxyl groups is 2. The predicted octanol–water partition coefficient (Wildman–Crippen LogP) is 7.16. The SMILES string of the molecule is CC(C)c1cc(-c2c(-c3cc(C(C)C)c(O)c(C(C)C)c3)c2=O)cc(C(C)C)c1O. The molecule has 0 saturated heterocycles. The number of phenolic OH excluding ortho intramolecular Hbond substituents is 2. The Hall–Kier alpha value is -2.55. The Balaban J connectivity index is 2.19. The van der Waals surface area contributed by atoms with E-state index in [0.29, 0.717) is 11.5 Å². The second-order valence-corrected chi connectivity index (χ2v) is 9.70. The highest BCUT2D eigenvalue weighted by molar-refractivity contribution is 5.95. The summed E-state index contributed by atoms with van der Waals surface area (Å²) in [4.78, 5) is 12.9. The average molecular weight is 407 g/mol. The van der Waals surface area contributed by atoms with Gasteiger partial charge < -0.3 is 10.2 Å². The first-order valence-corrected chi connectivity index (χ1v) is 11.0. The van der Waals surface area contributed by atoms with Gasteiger partial charge in [0, 0.05) is 11.1 Å². The molecule has 0 heterocycles. The van der Waals surface area contributed by atoms with Gasteiger partial charge in [0.2, 0.25) is 0 Å². The standard InChI is InChI=1S/C27H34O3/c1-13(2)19-9-17(10-20(14(3)4)25(19)28)23-24(27(23)30)18-11-21(15(5)6)26(29)22(12-18)16(7)8/h9-16,28-29H,1-8H3. The Bertz CT molecular complexity index is 947. The van der Waals surface area contributed by atoms with Gasteiger partial charge in [-0.1, -0.05) is 55.4 Å². The van der Waals surface area contributed by atoms with Crippen molar-refractivity contribution in [2.24, 2.45) is 0 Å². The molecular weight excluding hydrogens is 372 g/mol. The van der Waals surface area contributed by atoms with Gasteiger partial charge in [-0.3, -0.25) is 4.79 Å². The minimum atomic E-state index is 0.0557. The van der Waals surface area contributed by atoms with Crippen molar-refractivity contribution in [3.8, 4) is 33.8 Å². The molecule has 30 heavy (non-hydrogen) atoms. The van der Waals surface area contributed by atoms with Gasteiger partial charge in [0.05, 0.1) is 0 Å². The molecular formula is C27H34O3. The molecule has 3 aromatic carbocycles. The van der Waals surface area contributed by atoms with Crippen molar-refractivity contribution in [1.82, 2.24) is 0 Å². The molecule has 3 nitrogen and oxygen atoms in total. The monoisotopic (exact) mass is 406 g/mol. The molecule has 3 aromatic rings. The van der Waals surface area contributed by atoms with Crippen LogP contribution in [-0.4, -0.2) is 10.2 Å². The first kappa shape index (κ1) is 22.1. The van der Waals surface area contributed by atoms with Crippen LogP contribution in [0.5, 0.6) is 11.5 Å². The lowest BCUT2D eigenvalue weighted by Crippen LogP contribution is -1.97. The number of hydrogen-bond donors (Lipinski definition) is 2. The van der Waals surface area contributed by atoms with Crippen molar-refractivity contribution in [2.75, 3.05) is 0 Å². The lowest BCUT2D eigenvalue weighted by atomic mass is 9.89. The van der Waals surface area contributed by atoms with Crippen molar-refractivity contribution in [3.63, 3.8) is 0 Å².